The molecule has 110 valence electrons. The number of halogens is 2. The number of aromatic nitrogens is 1. The maximum absolute atomic E-state index is 11.6. The first-order chi connectivity index (χ1) is 10.0. The smallest absolute Gasteiger partial charge is 0.286 e. The number of benzene rings is 1. The van der Waals surface area contributed by atoms with Gasteiger partial charge in [0.15, 0.2) is 6.61 Å². The SMILES string of the molecule is O=C(COc1cccc(Cl)c1)NNC(=O)c1cc(Br)c[nH]1. The van der Waals surface area contributed by atoms with Crippen molar-refractivity contribution in [2.75, 3.05) is 6.61 Å². The zero-order chi connectivity index (χ0) is 15.2. The van der Waals surface area contributed by atoms with E-state index in [1.54, 1.807) is 36.5 Å². The van der Waals surface area contributed by atoms with Gasteiger partial charge < -0.3 is 9.72 Å². The number of hydrogen-bond donors (Lipinski definition) is 3. The molecule has 0 unspecified atom stereocenters. The number of nitrogens with one attached hydrogen (secondary N) is 3. The van der Waals surface area contributed by atoms with Crippen LogP contribution in [-0.4, -0.2) is 23.4 Å². The van der Waals surface area contributed by atoms with Crippen LogP contribution >= 0.6 is 27.5 Å². The van der Waals surface area contributed by atoms with Crippen molar-refractivity contribution in [3.63, 3.8) is 0 Å². The first kappa shape index (κ1) is 15.4. The molecule has 1 heterocycles. The summed E-state index contributed by atoms with van der Waals surface area (Å²) in [6.07, 6.45) is 1.61. The Labute approximate surface area is 133 Å². The number of amides is 2. The predicted octanol–water partition coefficient (Wildman–Crippen LogP) is 2.27. The third-order valence-corrected chi connectivity index (χ3v) is 3.07. The molecule has 0 atom stereocenters. The molecule has 0 aliphatic carbocycles. The Morgan fingerprint density at radius 1 is 1.29 bits per heavy atom. The van der Waals surface area contributed by atoms with Crippen molar-refractivity contribution >= 4 is 39.3 Å². The summed E-state index contributed by atoms with van der Waals surface area (Å²) in [7, 11) is 0. The van der Waals surface area contributed by atoms with E-state index in [1.165, 1.54) is 0 Å². The maximum atomic E-state index is 11.6. The van der Waals surface area contributed by atoms with Gasteiger partial charge in [0.2, 0.25) is 0 Å². The van der Waals surface area contributed by atoms with Gasteiger partial charge in [-0.3, -0.25) is 20.4 Å². The van der Waals surface area contributed by atoms with Gasteiger partial charge in [0.25, 0.3) is 11.8 Å². The highest BCUT2D eigenvalue weighted by Gasteiger charge is 2.09. The van der Waals surface area contributed by atoms with Crippen LogP contribution in [0.2, 0.25) is 5.02 Å². The molecule has 8 heteroatoms. The third kappa shape index (κ3) is 4.80. The molecule has 0 aliphatic heterocycles. The number of carbonyl (C=O) groups is 2. The quantitative estimate of drug-likeness (QED) is 0.720. The molecule has 2 rings (SSSR count). The van der Waals surface area contributed by atoms with Gasteiger partial charge in [-0.15, -0.1) is 0 Å². The Hall–Kier alpha value is -1.99. The fourth-order valence-electron chi connectivity index (χ4n) is 1.43. The second-order valence-electron chi connectivity index (χ2n) is 3.98. The van der Waals surface area contributed by atoms with E-state index in [2.05, 4.69) is 31.8 Å². The molecule has 0 saturated heterocycles. The molecule has 1 aromatic carbocycles. The zero-order valence-corrected chi connectivity index (χ0v) is 13.0. The van der Waals surface area contributed by atoms with Gasteiger partial charge in [-0.05, 0) is 40.2 Å². The number of ether oxygens (including phenoxy) is 1. The minimum Gasteiger partial charge on any atom is -0.484 e. The molecule has 0 radical (unpaired) electrons. The molecular weight excluding hydrogens is 362 g/mol. The Balaban J connectivity index is 1.76. The summed E-state index contributed by atoms with van der Waals surface area (Å²) < 4.78 is 5.97. The lowest BCUT2D eigenvalue weighted by Crippen LogP contribution is -2.43. The van der Waals surface area contributed by atoms with Crippen LogP contribution < -0.4 is 15.6 Å². The highest BCUT2D eigenvalue weighted by atomic mass is 79.9. The Morgan fingerprint density at radius 3 is 2.76 bits per heavy atom. The fraction of sp³-hybridized carbons (Fsp3) is 0.0769. The number of carbonyl (C=O) groups excluding carboxylic acids is 2. The van der Waals surface area contributed by atoms with Crippen molar-refractivity contribution in [3.05, 3.63) is 51.7 Å². The molecule has 2 aromatic rings. The highest BCUT2D eigenvalue weighted by molar-refractivity contribution is 9.10. The number of rotatable bonds is 4. The second-order valence-corrected chi connectivity index (χ2v) is 5.33. The minimum absolute atomic E-state index is 0.241. The van der Waals surface area contributed by atoms with Crippen LogP contribution in [0.3, 0.4) is 0 Å². The van der Waals surface area contributed by atoms with Gasteiger partial charge in [0, 0.05) is 15.7 Å². The summed E-state index contributed by atoms with van der Waals surface area (Å²) in [5, 5.41) is 0.513. The van der Waals surface area contributed by atoms with Crippen molar-refractivity contribution in [1.29, 1.82) is 0 Å². The summed E-state index contributed by atoms with van der Waals surface area (Å²) >= 11 is 9.00. The molecule has 3 N–H and O–H groups in total. The molecule has 0 saturated carbocycles. The Bertz CT molecular complexity index is 660. The van der Waals surface area contributed by atoms with Crippen molar-refractivity contribution in [3.8, 4) is 5.75 Å². The average molecular weight is 373 g/mol. The monoisotopic (exact) mass is 371 g/mol. The first-order valence-electron chi connectivity index (χ1n) is 5.86. The molecule has 0 aliphatic rings. The van der Waals surface area contributed by atoms with Crippen LogP contribution in [0.15, 0.2) is 41.0 Å². The van der Waals surface area contributed by atoms with E-state index in [1.807, 2.05) is 0 Å². The van der Waals surface area contributed by atoms with Gasteiger partial charge >= 0.3 is 0 Å². The normalized spacial score (nSPS) is 10.0. The number of hydrazine groups is 1. The van der Waals surface area contributed by atoms with Gasteiger partial charge in [0.1, 0.15) is 11.4 Å². The molecule has 21 heavy (non-hydrogen) atoms. The van der Waals surface area contributed by atoms with E-state index in [9.17, 15) is 9.59 Å². The molecule has 6 nitrogen and oxygen atoms in total. The van der Waals surface area contributed by atoms with E-state index in [-0.39, 0.29) is 6.61 Å². The fourth-order valence-corrected chi connectivity index (χ4v) is 1.96. The standard InChI is InChI=1S/C13H11BrClN3O3/c14-8-4-11(16-6-8)13(20)18-17-12(19)7-21-10-3-1-2-9(15)5-10/h1-6,16H,7H2,(H,17,19)(H,18,20). The first-order valence-corrected chi connectivity index (χ1v) is 7.03. The third-order valence-electron chi connectivity index (χ3n) is 2.37. The van der Waals surface area contributed by atoms with Crippen LogP contribution in [0.4, 0.5) is 0 Å². The van der Waals surface area contributed by atoms with E-state index in [0.29, 0.717) is 16.5 Å². The lowest BCUT2D eigenvalue weighted by Gasteiger charge is -2.08. The summed E-state index contributed by atoms with van der Waals surface area (Å²) in [4.78, 5) is 25.9. The summed E-state index contributed by atoms with van der Waals surface area (Å²) in [6.45, 7) is -0.241. The molecule has 2 amide bonds. The number of H-pyrrole nitrogens is 1. The van der Waals surface area contributed by atoms with Gasteiger partial charge in [-0.25, -0.2) is 0 Å². The van der Waals surface area contributed by atoms with E-state index >= 15 is 0 Å². The highest BCUT2D eigenvalue weighted by Crippen LogP contribution is 2.16. The van der Waals surface area contributed by atoms with Crippen molar-refractivity contribution in [2.45, 2.75) is 0 Å². The number of hydrogen-bond acceptors (Lipinski definition) is 3. The molecule has 0 bridgehead atoms. The predicted molar refractivity (Wildman–Crippen MR) is 81.0 cm³/mol. The summed E-state index contributed by atoms with van der Waals surface area (Å²) in [5.41, 5.74) is 4.82. The lowest BCUT2D eigenvalue weighted by atomic mass is 10.3. The topological polar surface area (TPSA) is 83.2 Å². The molecule has 1 aromatic heterocycles. The molecule has 0 spiro atoms. The van der Waals surface area contributed by atoms with E-state index < -0.39 is 11.8 Å². The minimum atomic E-state index is -0.492. The van der Waals surface area contributed by atoms with Crippen LogP contribution in [0.5, 0.6) is 5.75 Å². The molecule has 0 fully saturated rings. The van der Waals surface area contributed by atoms with E-state index in [0.717, 1.165) is 4.47 Å². The average Bonchev–Trinajstić information content (AvgIpc) is 2.89. The second kappa shape index (κ2) is 7.14. The maximum Gasteiger partial charge on any atom is 0.286 e. The Kier molecular flexibility index (Phi) is 5.24. The van der Waals surface area contributed by atoms with Crippen LogP contribution in [0.25, 0.3) is 0 Å². The number of aromatic amines is 1. The lowest BCUT2D eigenvalue weighted by molar-refractivity contribution is -0.123. The van der Waals surface area contributed by atoms with Gasteiger partial charge in [0.05, 0.1) is 0 Å². The van der Waals surface area contributed by atoms with Gasteiger partial charge in [-0.2, -0.15) is 0 Å². The van der Waals surface area contributed by atoms with Crippen molar-refractivity contribution in [2.24, 2.45) is 0 Å². The summed E-state index contributed by atoms with van der Waals surface area (Å²) in [5.74, 6) is -0.483. The van der Waals surface area contributed by atoms with Crippen LogP contribution in [0.1, 0.15) is 10.5 Å². The zero-order valence-electron chi connectivity index (χ0n) is 10.7. The summed E-state index contributed by atoms with van der Waals surface area (Å²) in [6, 6.07) is 8.26. The van der Waals surface area contributed by atoms with Crippen molar-refractivity contribution in [1.82, 2.24) is 15.8 Å². The Morgan fingerprint density at radius 2 is 2.10 bits per heavy atom. The van der Waals surface area contributed by atoms with E-state index in [4.69, 9.17) is 16.3 Å². The molecular formula is C13H11BrClN3O3. The van der Waals surface area contributed by atoms with Crippen LogP contribution in [0, 0.1) is 0 Å². The van der Waals surface area contributed by atoms with Crippen LogP contribution in [-0.2, 0) is 4.79 Å². The van der Waals surface area contributed by atoms with Gasteiger partial charge in [-0.1, -0.05) is 17.7 Å². The van der Waals surface area contributed by atoms with Crippen molar-refractivity contribution < 1.29 is 14.3 Å². The largest absolute Gasteiger partial charge is 0.484 e.